The van der Waals surface area contributed by atoms with Crippen molar-refractivity contribution in [3.05, 3.63) is 116 Å². The number of amides is 3. The molecular weight excluding hydrogens is 696 g/mol. The number of nitrogens with zero attached hydrogens (tertiary/aromatic N) is 3. The average molecular weight is 728 g/mol. The van der Waals surface area contributed by atoms with E-state index in [0.29, 0.717) is 21.3 Å². The lowest BCUT2D eigenvalue weighted by Crippen LogP contribution is -2.33. The molecule has 8 nitrogen and oxygen atoms in total. The third kappa shape index (κ3) is 5.60. The monoisotopic (exact) mass is 726 g/mol. The fourth-order valence-electron chi connectivity index (χ4n) is 6.61. The van der Waals surface area contributed by atoms with E-state index in [1.807, 2.05) is 66.7 Å². The molecule has 4 aromatic carbocycles. The van der Waals surface area contributed by atoms with Crippen molar-refractivity contribution >= 4 is 84.6 Å². The topological polar surface area (TPSA) is 91.7 Å². The van der Waals surface area contributed by atoms with Gasteiger partial charge in [-0.25, -0.2) is 4.90 Å². The Hall–Kier alpha value is -4.19. The first kappa shape index (κ1) is 31.4. The summed E-state index contributed by atoms with van der Waals surface area (Å²) in [5.74, 6) is -2.21. The van der Waals surface area contributed by atoms with Crippen LogP contribution in [0.25, 0.3) is 10.8 Å². The third-order valence-electron chi connectivity index (χ3n) is 8.88. The van der Waals surface area contributed by atoms with Crippen LogP contribution in [0.15, 0.2) is 105 Å². The molecule has 1 fully saturated rings. The normalized spacial score (nSPS) is 18.7. The van der Waals surface area contributed by atoms with Crippen LogP contribution in [-0.2, 0) is 20.9 Å². The Morgan fingerprint density at radius 3 is 2.30 bits per heavy atom. The predicted octanol–water partition coefficient (Wildman–Crippen LogP) is 7.11. The van der Waals surface area contributed by atoms with Gasteiger partial charge >= 0.3 is 4.87 Å². The molecule has 1 aromatic heterocycles. The van der Waals surface area contributed by atoms with Crippen LogP contribution in [0, 0.1) is 5.92 Å². The number of halogens is 1. The van der Waals surface area contributed by atoms with Gasteiger partial charge in [0, 0.05) is 45.1 Å². The Morgan fingerprint density at radius 2 is 1.57 bits per heavy atom. The number of thiazole rings is 1. The largest absolute Gasteiger partial charge is 0.372 e. The molecule has 0 radical (unpaired) electrons. The Bertz CT molecular complexity index is 2070. The number of imide groups is 1. The van der Waals surface area contributed by atoms with Crippen LogP contribution in [0.2, 0.25) is 0 Å². The summed E-state index contributed by atoms with van der Waals surface area (Å²) in [5.41, 5.74) is 3.07. The summed E-state index contributed by atoms with van der Waals surface area (Å²) in [5, 5.41) is 4.68. The first-order chi connectivity index (χ1) is 22.8. The summed E-state index contributed by atoms with van der Waals surface area (Å²) < 4.78 is 2.30. The van der Waals surface area contributed by atoms with E-state index in [4.69, 9.17) is 0 Å². The van der Waals surface area contributed by atoms with E-state index in [0.717, 1.165) is 50.9 Å². The summed E-state index contributed by atoms with van der Waals surface area (Å²) in [4.78, 5) is 59.2. The number of hydrogen-bond acceptors (Lipinski definition) is 7. The molecule has 3 heterocycles. The summed E-state index contributed by atoms with van der Waals surface area (Å²) in [6.07, 6.45) is 0. The molecule has 5 aromatic rings. The molecule has 0 spiro atoms. The quantitative estimate of drug-likeness (QED) is 0.172. The Labute approximate surface area is 288 Å². The Morgan fingerprint density at radius 1 is 0.872 bits per heavy atom. The van der Waals surface area contributed by atoms with Crippen LogP contribution in [0.1, 0.15) is 30.2 Å². The molecular formula is C36H31BrN4O4S2. The highest BCUT2D eigenvalue weighted by Gasteiger charge is 2.56. The SMILES string of the molecule is CCN(CC)c1ccc(C2c3sc(=O)n(CC(=O)Nc4cccc5ccccc45)c3SC3C(=O)N(c4ccc(Br)cc4)C(=O)C32)cc1. The predicted molar refractivity (Wildman–Crippen MR) is 193 cm³/mol. The highest BCUT2D eigenvalue weighted by molar-refractivity contribution is 9.10. The van der Waals surface area contributed by atoms with Gasteiger partial charge in [0.2, 0.25) is 17.7 Å². The van der Waals surface area contributed by atoms with Gasteiger partial charge < -0.3 is 10.2 Å². The molecule has 2 aliphatic rings. The van der Waals surface area contributed by atoms with Crippen molar-refractivity contribution in [2.24, 2.45) is 5.92 Å². The second-order valence-electron chi connectivity index (χ2n) is 11.5. The van der Waals surface area contributed by atoms with Crippen LogP contribution in [0.5, 0.6) is 0 Å². The molecule has 47 heavy (non-hydrogen) atoms. The van der Waals surface area contributed by atoms with Gasteiger partial charge in [-0.2, -0.15) is 0 Å². The van der Waals surface area contributed by atoms with Crippen molar-refractivity contribution in [2.75, 3.05) is 28.2 Å². The minimum Gasteiger partial charge on any atom is -0.372 e. The maximum Gasteiger partial charge on any atom is 0.308 e. The maximum absolute atomic E-state index is 14.2. The first-order valence-corrected chi connectivity index (χ1v) is 17.9. The van der Waals surface area contributed by atoms with Gasteiger partial charge in [0.15, 0.2) is 0 Å². The van der Waals surface area contributed by atoms with Crippen molar-refractivity contribution in [3.63, 3.8) is 0 Å². The molecule has 0 aliphatic carbocycles. The van der Waals surface area contributed by atoms with Crippen LogP contribution < -0.4 is 20.0 Å². The van der Waals surface area contributed by atoms with Gasteiger partial charge in [-0.3, -0.25) is 23.7 Å². The molecule has 1 saturated heterocycles. The average Bonchev–Trinajstić information content (AvgIpc) is 3.52. The fourth-order valence-corrected chi connectivity index (χ4v) is 9.65. The maximum atomic E-state index is 14.2. The number of carbonyl (C=O) groups is 3. The number of rotatable bonds is 8. The number of aromatic nitrogens is 1. The van der Waals surface area contributed by atoms with Gasteiger partial charge in [-0.15, -0.1) is 0 Å². The van der Waals surface area contributed by atoms with E-state index in [1.165, 1.54) is 21.2 Å². The molecule has 3 atom stereocenters. The van der Waals surface area contributed by atoms with Gasteiger partial charge in [0.25, 0.3) is 0 Å². The van der Waals surface area contributed by atoms with Crippen molar-refractivity contribution in [1.82, 2.24) is 4.57 Å². The smallest absolute Gasteiger partial charge is 0.308 e. The number of fused-ring (bicyclic) bond motifs is 3. The molecule has 3 unspecified atom stereocenters. The third-order valence-corrected chi connectivity index (χ3v) is 12.0. The van der Waals surface area contributed by atoms with Crippen LogP contribution in [0.3, 0.4) is 0 Å². The van der Waals surface area contributed by atoms with E-state index in [9.17, 15) is 19.2 Å². The number of thioether (sulfide) groups is 1. The number of benzene rings is 4. The second kappa shape index (κ2) is 12.8. The highest BCUT2D eigenvalue weighted by atomic mass is 79.9. The molecule has 3 amide bonds. The Kier molecular flexibility index (Phi) is 8.54. The van der Waals surface area contributed by atoms with E-state index >= 15 is 0 Å². The lowest BCUT2D eigenvalue weighted by molar-refractivity contribution is -0.122. The number of hydrogen-bond donors (Lipinski definition) is 1. The summed E-state index contributed by atoms with van der Waals surface area (Å²) in [7, 11) is 0. The zero-order valence-corrected chi connectivity index (χ0v) is 28.9. The number of anilines is 3. The second-order valence-corrected chi connectivity index (χ2v) is 14.5. The number of carbonyl (C=O) groups excluding carboxylic acids is 3. The lowest BCUT2D eigenvalue weighted by Gasteiger charge is -2.31. The van der Waals surface area contributed by atoms with E-state index in [2.05, 4.69) is 40.0 Å². The molecule has 11 heteroatoms. The summed E-state index contributed by atoms with van der Waals surface area (Å²) in [6, 6.07) is 28.6. The van der Waals surface area contributed by atoms with Crippen LogP contribution in [-0.4, -0.2) is 40.6 Å². The first-order valence-electron chi connectivity index (χ1n) is 15.4. The molecule has 1 N–H and O–H groups in total. The molecule has 7 rings (SSSR count). The van der Waals surface area contributed by atoms with Crippen molar-refractivity contribution in [2.45, 2.75) is 36.6 Å². The van der Waals surface area contributed by atoms with Gasteiger partial charge in [-0.1, -0.05) is 87.6 Å². The van der Waals surface area contributed by atoms with Gasteiger partial charge in [0.1, 0.15) is 11.8 Å². The Balaban J connectivity index is 1.28. The van der Waals surface area contributed by atoms with E-state index < -0.39 is 17.1 Å². The van der Waals surface area contributed by atoms with Crippen LogP contribution >= 0.6 is 39.0 Å². The molecule has 2 aliphatic heterocycles. The fraction of sp³-hybridized carbons (Fsp3) is 0.222. The zero-order valence-electron chi connectivity index (χ0n) is 25.7. The van der Waals surface area contributed by atoms with Crippen molar-refractivity contribution < 1.29 is 14.4 Å². The van der Waals surface area contributed by atoms with Crippen LogP contribution in [0.4, 0.5) is 17.1 Å². The highest BCUT2D eigenvalue weighted by Crippen LogP contribution is 2.54. The van der Waals surface area contributed by atoms with Gasteiger partial charge in [-0.05, 0) is 67.3 Å². The molecule has 238 valence electrons. The summed E-state index contributed by atoms with van der Waals surface area (Å²) >= 11 is 5.70. The standard InChI is InChI=1S/C36H31BrN4O4S2/c1-3-39(4-2)24-16-12-22(13-17-24)29-30-31(34(44)41(33(30)43)25-18-14-23(37)15-19-25)46-35-32(29)47-36(45)40(35)20-28(42)38-27-11-7-9-21-8-5-6-10-26(21)27/h5-19,29-31H,3-4,20H2,1-2H3,(H,38,42). The molecule has 0 saturated carbocycles. The minimum atomic E-state index is -0.757. The number of nitrogens with one attached hydrogen (secondary N) is 1. The van der Waals surface area contributed by atoms with E-state index in [1.54, 1.807) is 24.3 Å². The molecule has 0 bridgehead atoms. The minimum absolute atomic E-state index is 0.218. The zero-order chi connectivity index (χ0) is 32.8. The van der Waals surface area contributed by atoms with Crippen molar-refractivity contribution in [1.29, 1.82) is 0 Å². The van der Waals surface area contributed by atoms with Gasteiger partial charge in [0.05, 0.1) is 16.6 Å². The lowest BCUT2D eigenvalue weighted by atomic mass is 9.83. The van der Waals surface area contributed by atoms with Crippen molar-refractivity contribution in [3.8, 4) is 0 Å². The summed E-state index contributed by atoms with van der Waals surface area (Å²) in [6.45, 7) is 5.69. The van der Waals surface area contributed by atoms with E-state index in [-0.39, 0.29) is 29.1 Å².